The van der Waals surface area contributed by atoms with E-state index in [1.807, 2.05) is 0 Å². The molecule has 2 aromatic heterocycles. The number of azide groups is 1. The third kappa shape index (κ3) is 2.16. The Morgan fingerprint density at radius 3 is 3.00 bits per heavy atom. The largest absolute Gasteiger partial charge is 0.393 e. The van der Waals surface area contributed by atoms with Crippen LogP contribution < -0.4 is 5.73 Å². The van der Waals surface area contributed by atoms with Crippen molar-refractivity contribution in [2.24, 2.45) is 5.11 Å². The number of aliphatic hydroxyl groups is 2. The number of aliphatic hydroxyl groups excluding tert-OH is 2. The lowest BCUT2D eigenvalue weighted by molar-refractivity contribution is -0.122. The van der Waals surface area contributed by atoms with Gasteiger partial charge in [0.05, 0.1) is 12.9 Å². The molecule has 23 heavy (non-hydrogen) atoms. The first kappa shape index (κ1) is 15.4. The number of hydrogen-bond acceptors (Lipinski definition) is 8. The molecule has 1 aliphatic rings. The van der Waals surface area contributed by atoms with Crippen molar-refractivity contribution in [1.82, 2.24) is 19.5 Å². The molecule has 1 fully saturated rings. The molecule has 0 spiro atoms. The molecule has 3 heterocycles. The van der Waals surface area contributed by atoms with Gasteiger partial charge in [0, 0.05) is 4.91 Å². The van der Waals surface area contributed by atoms with Gasteiger partial charge in [-0.2, -0.15) is 0 Å². The molecule has 4 unspecified atom stereocenters. The minimum absolute atomic E-state index is 0.115. The molecule has 12 heteroatoms. The molecule has 0 radical (unpaired) electrons. The van der Waals surface area contributed by atoms with Crippen LogP contribution in [-0.2, 0) is 4.74 Å². The predicted molar refractivity (Wildman–Crippen MR) is 74.5 cm³/mol. The van der Waals surface area contributed by atoms with Crippen LogP contribution in [0.2, 0.25) is 0 Å². The number of rotatable bonds is 3. The molecule has 0 saturated carbocycles. The highest BCUT2D eigenvalue weighted by Crippen LogP contribution is 2.41. The zero-order valence-electron chi connectivity index (χ0n) is 11.9. The van der Waals surface area contributed by atoms with Crippen LogP contribution in [0, 0.1) is 6.92 Å². The second kappa shape index (κ2) is 5.28. The molecule has 3 rings (SSSR count). The molecule has 4 N–H and O–H groups in total. The lowest BCUT2D eigenvalue weighted by atomic mass is 10.1. The summed E-state index contributed by atoms with van der Waals surface area (Å²) in [5, 5.41) is 22.5. The molecular weight excluding hydrogens is 311 g/mol. The summed E-state index contributed by atoms with van der Waals surface area (Å²) >= 11 is 0. The molecular formula is C11H13FN8O3. The SMILES string of the molecule is Cc1nc(N)c2ncn(C3OC(CO)(N=[N+]=[N-])C(O)C3F)c2n1. The molecule has 122 valence electrons. The molecule has 0 amide bonds. The van der Waals surface area contributed by atoms with Crippen LogP contribution in [0.25, 0.3) is 21.6 Å². The van der Waals surface area contributed by atoms with Crippen molar-refractivity contribution in [2.45, 2.75) is 31.2 Å². The minimum atomic E-state index is -2.12. The molecule has 2 aromatic rings. The van der Waals surface area contributed by atoms with Crippen molar-refractivity contribution in [3.8, 4) is 0 Å². The number of aromatic nitrogens is 4. The van der Waals surface area contributed by atoms with Gasteiger partial charge >= 0.3 is 0 Å². The Kier molecular flexibility index (Phi) is 3.53. The summed E-state index contributed by atoms with van der Waals surface area (Å²) in [6.45, 7) is 0.709. The Bertz CT molecular complexity index is 806. The monoisotopic (exact) mass is 324 g/mol. The Balaban J connectivity index is 2.11. The van der Waals surface area contributed by atoms with E-state index in [-0.39, 0.29) is 17.0 Å². The average Bonchev–Trinajstić information content (AvgIpc) is 3.03. The van der Waals surface area contributed by atoms with Crippen molar-refractivity contribution in [2.75, 3.05) is 12.3 Å². The van der Waals surface area contributed by atoms with Gasteiger partial charge in [-0.05, 0) is 12.5 Å². The van der Waals surface area contributed by atoms with Crippen LogP contribution in [0.3, 0.4) is 0 Å². The highest BCUT2D eigenvalue weighted by Gasteiger charge is 2.56. The minimum Gasteiger partial charge on any atom is -0.393 e. The van der Waals surface area contributed by atoms with Gasteiger partial charge in [0.2, 0.25) is 5.72 Å². The van der Waals surface area contributed by atoms with E-state index >= 15 is 0 Å². The second-order valence-electron chi connectivity index (χ2n) is 5.07. The highest BCUT2D eigenvalue weighted by atomic mass is 19.1. The fourth-order valence-corrected chi connectivity index (χ4v) is 2.52. The number of nitrogens with two attached hydrogens (primary N) is 1. The van der Waals surface area contributed by atoms with Gasteiger partial charge in [-0.15, -0.1) is 0 Å². The number of halogens is 1. The van der Waals surface area contributed by atoms with Crippen LogP contribution in [0.1, 0.15) is 12.1 Å². The fourth-order valence-electron chi connectivity index (χ4n) is 2.52. The number of alkyl halides is 1. The first-order chi connectivity index (χ1) is 10.9. The van der Waals surface area contributed by atoms with Gasteiger partial charge in [0.1, 0.15) is 17.4 Å². The van der Waals surface area contributed by atoms with E-state index in [4.69, 9.17) is 16.0 Å². The second-order valence-corrected chi connectivity index (χ2v) is 5.07. The molecule has 0 bridgehead atoms. The van der Waals surface area contributed by atoms with Crippen LogP contribution in [0.4, 0.5) is 10.2 Å². The molecule has 4 atom stereocenters. The lowest BCUT2D eigenvalue weighted by Gasteiger charge is -2.23. The van der Waals surface area contributed by atoms with Crippen molar-refractivity contribution in [1.29, 1.82) is 0 Å². The molecule has 1 aliphatic heterocycles. The number of fused-ring (bicyclic) bond motifs is 1. The van der Waals surface area contributed by atoms with Crippen molar-refractivity contribution >= 4 is 17.0 Å². The average molecular weight is 324 g/mol. The van der Waals surface area contributed by atoms with E-state index in [2.05, 4.69) is 25.0 Å². The quantitative estimate of drug-likeness (QED) is 0.403. The zero-order valence-corrected chi connectivity index (χ0v) is 11.9. The van der Waals surface area contributed by atoms with Crippen LogP contribution >= 0.6 is 0 Å². The van der Waals surface area contributed by atoms with E-state index in [0.29, 0.717) is 5.82 Å². The Labute approximate surface area is 128 Å². The summed E-state index contributed by atoms with van der Waals surface area (Å²) in [5.41, 5.74) is 12.6. The number of aryl methyl sites for hydroxylation is 1. The van der Waals surface area contributed by atoms with Crippen LogP contribution in [-0.4, -0.2) is 54.3 Å². The van der Waals surface area contributed by atoms with Gasteiger partial charge in [0.15, 0.2) is 23.9 Å². The maximum atomic E-state index is 14.5. The number of nitrogens with zero attached hydrogens (tertiary/aromatic N) is 7. The van der Waals surface area contributed by atoms with Crippen LogP contribution in [0.5, 0.6) is 0 Å². The van der Waals surface area contributed by atoms with E-state index in [0.717, 1.165) is 0 Å². The summed E-state index contributed by atoms with van der Waals surface area (Å²) in [6, 6.07) is 0. The predicted octanol–water partition coefficient (Wildman–Crippen LogP) is -0.0564. The smallest absolute Gasteiger partial charge is 0.201 e. The van der Waals surface area contributed by atoms with Gasteiger partial charge in [0.25, 0.3) is 0 Å². The Morgan fingerprint density at radius 2 is 2.35 bits per heavy atom. The number of nitrogen functional groups attached to an aromatic ring is 1. The highest BCUT2D eigenvalue weighted by molar-refractivity contribution is 5.81. The maximum Gasteiger partial charge on any atom is 0.201 e. The maximum absolute atomic E-state index is 14.5. The van der Waals surface area contributed by atoms with Crippen molar-refractivity contribution < 1.29 is 19.3 Å². The number of hydrogen-bond donors (Lipinski definition) is 3. The van der Waals surface area contributed by atoms with E-state index in [1.54, 1.807) is 6.92 Å². The Morgan fingerprint density at radius 1 is 1.61 bits per heavy atom. The summed E-state index contributed by atoms with van der Waals surface area (Å²) in [7, 11) is 0. The molecule has 1 saturated heterocycles. The van der Waals surface area contributed by atoms with E-state index < -0.39 is 30.8 Å². The van der Waals surface area contributed by atoms with Gasteiger partial charge in [-0.1, -0.05) is 5.11 Å². The number of anilines is 1. The third-order valence-corrected chi connectivity index (χ3v) is 3.64. The van der Waals surface area contributed by atoms with Crippen LogP contribution in [0.15, 0.2) is 11.4 Å². The summed E-state index contributed by atoms with van der Waals surface area (Å²) in [6.07, 6.45) is -4.02. The summed E-state index contributed by atoms with van der Waals surface area (Å²) in [5.74, 6) is 0.456. The van der Waals surface area contributed by atoms with Crippen molar-refractivity contribution in [3.05, 3.63) is 22.6 Å². The number of imidazole rings is 1. The molecule has 0 aliphatic carbocycles. The van der Waals surface area contributed by atoms with Crippen molar-refractivity contribution in [3.63, 3.8) is 0 Å². The lowest BCUT2D eigenvalue weighted by Crippen LogP contribution is -2.43. The van der Waals surface area contributed by atoms with Gasteiger partial charge < -0.3 is 20.7 Å². The summed E-state index contributed by atoms with van der Waals surface area (Å²) < 4.78 is 21.0. The molecule has 0 aromatic carbocycles. The normalized spacial score (nSPS) is 30.5. The first-order valence-electron chi connectivity index (χ1n) is 6.57. The standard InChI is InChI=1S/C11H13FN8O3/c1-4-16-8(13)6-9(17-4)20(3-15-6)10-5(12)7(22)11(2-21,23-10)18-19-14/h3,5,7,10,21-22H,2H2,1H3,(H2,13,16,17). The first-order valence-corrected chi connectivity index (χ1v) is 6.57. The Hall–Kier alpha value is -2.53. The van der Waals surface area contributed by atoms with Gasteiger partial charge in [-0.25, -0.2) is 19.3 Å². The third-order valence-electron chi connectivity index (χ3n) is 3.64. The topological polar surface area (TPSA) is 168 Å². The van der Waals surface area contributed by atoms with Gasteiger partial charge in [-0.3, -0.25) is 4.57 Å². The summed E-state index contributed by atoms with van der Waals surface area (Å²) in [4.78, 5) is 14.6. The number of ether oxygens (including phenoxy) is 1. The van der Waals surface area contributed by atoms with E-state index in [1.165, 1.54) is 10.9 Å². The zero-order chi connectivity index (χ0) is 16.8. The van der Waals surface area contributed by atoms with E-state index in [9.17, 15) is 14.6 Å². The molecule has 11 nitrogen and oxygen atoms in total. The fraction of sp³-hybridized carbons (Fsp3) is 0.545.